The van der Waals surface area contributed by atoms with Crippen LogP contribution in [0, 0.1) is 11.8 Å². The van der Waals surface area contributed by atoms with E-state index >= 15 is 0 Å². The van der Waals surface area contributed by atoms with Gasteiger partial charge in [-0.3, -0.25) is 9.59 Å². The van der Waals surface area contributed by atoms with Crippen molar-refractivity contribution in [2.24, 2.45) is 11.8 Å². The zero-order valence-corrected chi connectivity index (χ0v) is 8.95. The highest BCUT2D eigenvalue weighted by Crippen LogP contribution is 2.29. The van der Waals surface area contributed by atoms with E-state index in [-0.39, 0.29) is 17.5 Å². The fraction of sp³-hybridized carbons (Fsp3) is 0.667. The summed E-state index contributed by atoms with van der Waals surface area (Å²) in [7, 11) is 0. The molecule has 78 valence electrons. The van der Waals surface area contributed by atoms with Crippen LogP contribution >= 0.6 is 0 Å². The van der Waals surface area contributed by atoms with Crippen molar-refractivity contribution in [1.82, 2.24) is 0 Å². The maximum absolute atomic E-state index is 11.3. The van der Waals surface area contributed by atoms with Crippen LogP contribution < -0.4 is 0 Å². The van der Waals surface area contributed by atoms with Crippen LogP contribution in [0.2, 0.25) is 0 Å². The Labute approximate surface area is 85.4 Å². The highest BCUT2D eigenvalue weighted by atomic mass is 16.1. The van der Waals surface area contributed by atoms with Gasteiger partial charge in [-0.05, 0) is 24.8 Å². The van der Waals surface area contributed by atoms with Crippen molar-refractivity contribution in [1.29, 1.82) is 0 Å². The summed E-state index contributed by atoms with van der Waals surface area (Å²) in [5.41, 5.74) is 0. The maximum atomic E-state index is 11.3. The van der Waals surface area contributed by atoms with E-state index in [9.17, 15) is 9.59 Å². The molecule has 1 rings (SSSR count). The van der Waals surface area contributed by atoms with E-state index in [0.29, 0.717) is 18.8 Å². The molecule has 0 atom stereocenters. The number of carbonyl (C=O) groups is 2. The molecule has 0 N–H and O–H groups in total. The van der Waals surface area contributed by atoms with E-state index in [1.807, 2.05) is 19.9 Å². The molecular formula is C12H18O2. The zero-order valence-electron chi connectivity index (χ0n) is 8.95. The van der Waals surface area contributed by atoms with Crippen LogP contribution in [-0.2, 0) is 9.59 Å². The molecule has 0 aromatic rings. The Kier molecular flexibility index (Phi) is 4.05. The van der Waals surface area contributed by atoms with Crippen LogP contribution in [-0.4, -0.2) is 11.6 Å². The average Bonchev–Trinajstić information content (AvgIpc) is 2.94. The van der Waals surface area contributed by atoms with E-state index in [0.717, 1.165) is 0 Å². The molecule has 0 amide bonds. The first-order valence-corrected chi connectivity index (χ1v) is 5.33. The molecule has 1 fully saturated rings. The number of Topliss-reactive ketones (excluding diaryl/α,β-unsaturated/α-hetero) is 1. The average molecular weight is 194 g/mol. The number of rotatable bonds is 6. The lowest BCUT2D eigenvalue weighted by atomic mass is 10.0. The molecule has 0 radical (unpaired) electrons. The second-order valence-corrected chi connectivity index (χ2v) is 4.28. The number of allylic oxidation sites excluding steroid dienone is 2. The van der Waals surface area contributed by atoms with Crippen molar-refractivity contribution in [3.05, 3.63) is 12.2 Å². The summed E-state index contributed by atoms with van der Waals surface area (Å²) in [4.78, 5) is 22.5. The van der Waals surface area contributed by atoms with E-state index in [4.69, 9.17) is 0 Å². The van der Waals surface area contributed by atoms with Gasteiger partial charge in [0.05, 0.1) is 0 Å². The minimum absolute atomic E-state index is 0.0511. The monoisotopic (exact) mass is 194 g/mol. The highest BCUT2D eigenvalue weighted by molar-refractivity contribution is 5.93. The van der Waals surface area contributed by atoms with Crippen molar-refractivity contribution in [2.75, 3.05) is 0 Å². The zero-order chi connectivity index (χ0) is 10.6. The molecule has 0 aromatic heterocycles. The van der Waals surface area contributed by atoms with E-state index in [1.54, 1.807) is 6.08 Å². The normalized spacial score (nSPS) is 16.5. The number of hydrogen-bond acceptors (Lipinski definition) is 2. The van der Waals surface area contributed by atoms with Crippen LogP contribution in [0.4, 0.5) is 0 Å². The van der Waals surface area contributed by atoms with Crippen LogP contribution in [0.1, 0.15) is 39.5 Å². The third kappa shape index (κ3) is 4.35. The largest absolute Gasteiger partial charge is 0.299 e. The Hall–Kier alpha value is -0.920. The van der Waals surface area contributed by atoms with Crippen molar-refractivity contribution < 1.29 is 9.59 Å². The van der Waals surface area contributed by atoms with Crippen LogP contribution in [0.25, 0.3) is 0 Å². The van der Waals surface area contributed by atoms with Crippen molar-refractivity contribution in [3.8, 4) is 0 Å². The summed E-state index contributed by atoms with van der Waals surface area (Å²) in [6.45, 7) is 3.74. The molecule has 0 spiro atoms. The predicted octanol–water partition coefficient (Wildman–Crippen LogP) is 2.53. The maximum Gasteiger partial charge on any atom is 0.155 e. The second-order valence-electron chi connectivity index (χ2n) is 4.28. The fourth-order valence-corrected chi connectivity index (χ4v) is 1.15. The van der Waals surface area contributed by atoms with E-state index in [2.05, 4.69) is 0 Å². The first kappa shape index (κ1) is 11.2. The Morgan fingerprint density at radius 1 is 1.29 bits per heavy atom. The van der Waals surface area contributed by atoms with Gasteiger partial charge in [-0.1, -0.05) is 19.9 Å². The summed E-state index contributed by atoms with van der Waals surface area (Å²) in [5.74, 6) is 0.957. The standard InChI is InChI=1S/C12H18O2/c1-9(2)12(14)8-7-11(13)6-5-10-3-4-10/h5-6,9-10H,3-4,7-8H2,1-2H3/b6-5+. The Bertz CT molecular complexity index is 247. The molecule has 1 aliphatic rings. The third-order valence-corrected chi connectivity index (χ3v) is 2.44. The first-order chi connectivity index (χ1) is 6.59. The molecule has 0 heterocycles. The molecule has 1 aliphatic carbocycles. The van der Waals surface area contributed by atoms with Gasteiger partial charge in [0.15, 0.2) is 5.78 Å². The Morgan fingerprint density at radius 2 is 1.93 bits per heavy atom. The molecule has 0 aromatic carbocycles. The summed E-state index contributed by atoms with van der Waals surface area (Å²) >= 11 is 0. The van der Waals surface area contributed by atoms with Crippen molar-refractivity contribution >= 4 is 11.6 Å². The Morgan fingerprint density at radius 3 is 2.43 bits per heavy atom. The lowest BCUT2D eigenvalue weighted by Gasteiger charge is -2.00. The number of carbonyl (C=O) groups excluding carboxylic acids is 2. The highest BCUT2D eigenvalue weighted by Gasteiger charge is 2.17. The van der Waals surface area contributed by atoms with Crippen molar-refractivity contribution in [3.63, 3.8) is 0 Å². The molecule has 0 unspecified atom stereocenters. The van der Waals surface area contributed by atoms with Crippen molar-refractivity contribution in [2.45, 2.75) is 39.5 Å². The molecule has 0 saturated heterocycles. The van der Waals surface area contributed by atoms with E-state index in [1.165, 1.54) is 12.8 Å². The molecule has 14 heavy (non-hydrogen) atoms. The minimum Gasteiger partial charge on any atom is -0.299 e. The van der Waals surface area contributed by atoms with E-state index < -0.39 is 0 Å². The number of hydrogen-bond donors (Lipinski definition) is 0. The minimum atomic E-state index is 0.0511. The van der Waals surface area contributed by atoms with Gasteiger partial charge in [0.25, 0.3) is 0 Å². The molecular weight excluding hydrogens is 176 g/mol. The summed E-state index contributed by atoms with van der Waals surface area (Å²) < 4.78 is 0. The molecule has 0 bridgehead atoms. The molecule has 2 heteroatoms. The van der Waals surface area contributed by atoms with Crippen LogP contribution in [0.3, 0.4) is 0 Å². The molecule has 0 aliphatic heterocycles. The van der Waals surface area contributed by atoms with Gasteiger partial charge in [-0.25, -0.2) is 0 Å². The van der Waals surface area contributed by atoms with Crippen LogP contribution in [0.15, 0.2) is 12.2 Å². The summed E-state index contributed by atoms with van der Waals surface area (Å²) in [6, 6.07) is 0. The molecule has 1 saturated carbocycles. The Balaban J connectivity index is 2.16. The van der Waals surface area contributed by atoms with Gasteiger partial charge < -0.3 is 0 Å². The van der Waals surface area contributed by atoms with Gasteiger partial charge in [0.1, 0.15) is 5.78 Å². The van der Waals surface area contributed by atoms with Crippen LogP contribution in [0.5, 0.6) is 0 Å². The topological polar surface area (TPSA) is 34.1 Å². The first-order valence-electron chi connectivity index (χ1n) is 5.33. The van der Waals surface area contributed by atoms with Gasteiger partial charge in [-0.15, -0.1) is 0 Å². The van der Waals surface area contributed by atoms with Gasteiger partial charge in [0, 0.05) is 18.8 Å². The SMILES string of the molecule is CC(C)C(=O)CCC(=O)/C=C/C1CC1. The fourth-order valence-electron chi connectivity index (χ4n) is 1.15. The molecule has 2 nitrogen and oxygen atoms in total. The summed E-state index contributed by atoms with van der Waals surface area (Å²) in [6.07, 6.45) is 6.82. The summed E-state index contributed by atoms with van der Waals surface area (Å²) in [5, 5.41) is 0. The quantitative estimate of drug-likeness (QED) is 0.609. The predicted molar refractivity (Wildman–Crippen MR) is 56.0 cm³/mol. The lowest BCUT2D eigenvalue weighted by Crippen LogP contribution is -2.08. The smallest absolute Gasteiger partial charge is 0.155 e. The van der Waals surface area contributed by atoms with Gasteiger partial charge >= 0.3 is 0 Å². The number of ketones is 2. The van der Waals surface area contributed by atoms with Gasteiger partial charge in [0.2, 0.25) is 0 Å². The third-order valence-electron chi connectivity index (χ3n) is 2.44. The van der Waals surface area contributed by atoms with Gasteiger partial charge in [-0.2, -0.15) is 0 Å². The lowest BCUT2D eigenvalue weighted by molar-refractivity contribution is -0.124. The second kappa shape index (κ2) is 5.08.